The molecule has 0 saturated carbocycles. The molecule has 9 nitrogen and oxygen atoms in total. The number of unbranched alkanes of at least 4 members (excludes halogenated alkanes) is 1. The molecule has 0 saturated heterocycles. The number of hydrogen-bond acceptors (Lipinski definition) is 8. The number of carbonyl (C=O) groups excluding carboxylic acids is 1. The predicted molar refractivity (Wildman–Crippen MR) is 158 cm³/mol. The first-order valence-electron chi connectivity index (χ1n) is 17.7. The van der Waals surface area contributed by atoms with Gasteiger partial charge in [-0.3, -0.25) is 9.05 Å². The zero-order valence-electron chi connectivity index (χ0n) is 34.5. The number of rotatable bonds is 29. The summed E-state index contributed by atoms with van der Waals surface area (Å²) in [5.74, 6) is -121. The molecule has 0 heterocycles. The molecule has 6 atom stereocenters. The summed E-state index contributed by atoms with van der Waals surface area (Å²) >= 11 is 0. The summed E-state index contributed by atoms with van der Waals surface area (Å²) in [5, 5.41) is 39.8. The molecular formula is C29H24F34NaO9P. The van der Waals surface area contributed by atoms with Crippen LogP contribution in [0.2, 0.25) is 0 Å². The van der Waals surface area contributed by atoms with E-state index in [1.165, 1.54) is 0 Å². The van der Waals surface area contributed by atoms with Crippen LogP contribution in [-0.2, 0) is 18.4 Å². The molecule has 0 aliphatic carbocycles. The van der Waals surface area contributed by atoms with Gasteiger partial charge in [-0.25, -0.2) is 4.57 Å². The van der Waals surface area contributed by atoms with E-state index in [9.17, 15) is 184 Å². The van der Waals surface area contributed by atoms with Gasteiger partial charge in [-0.05, 0) is 25.4 Å². The number of aldehydes is 1. The summed E-state index contributed by atoms with van der Waals surface area (Å²) in [5.41, 5.74) is 0. The maximum Gasteiger partial charge on any atom is 1.00 e. The van der Waals surface area contributed by atoms with Gasteiger partial charge in [0.25, 0.3) is 0 Å². The van der Waals surface area contributed by atoms with Crippen LogP contribution in [-0.4, -0.2) is 159 Å². The fraction of sp³-hybridized carbons (Fsp3) is 0.966. The van der Waals surface area contributed by atoms with Gasteiger partial charge in [-0.2, -0.15) is 149 Å². The van der Waals surface area contributed by atoms with Gasteiger partial charge in [-0.15, -0.1) is 0 Å². The number of carbonyl (C=O) groups is 1. The van der Waals surface area contributed by atoms with Gasteiger partial charge in [0.05, 0.1) is 18.8 Å². The number of hydrogen-bond donors (Lipinski definition) is 4. The average molecular weight is 1220 g/mol. The molecule has 0 aliphatic heterocycles. The van der Waals surface area contributed by atoms with Crippen molar-refractivity contribution < 1.29 is 223 Å². The van der Waals surface area contributed by atoms with Crippen molar-refractivity contribution in [2.24, 2.45) is 0 Å². The minimum absolute atomic E-state index is 0. The Morgan fingerprint density at radius 2 is 0.716 bits per heavy atom. The standard InChI is InChI=1S/C29H24F34O9P.Na/c30-14(31,16(34,35)18(38,39)20(42,43)22(46,47)24(50,51)26(54,55)28(58,59)60)5-2-1-3-9(72-73(69,70)71-8-11(66)13(68)12(67)10(65)7-64)4-6-15(32,33)17(36,37)19(40,41)21(44,45)23(48,49)25(52,53)27(56,57)29(61,62)63;/h7,9-13,66-68H,1-6,8H2,(H,69,70);/q-1;+1/t9?,10-,11+,12+,13-;/m0./s1. The second-order valence-electron chi connectivity index (χ2n) is 14.7. The number of phosphoric ester groups is 1. The number of aliphatic hydroxyl groups is 3. The Balaban J connectivity index is 0. The van der Waals surface area contributed by atoms with Crippen molar-refractivity contribution in [3.63, 3.8) is 0 Å². The molecule has 0 spiro atoms. The van der Waals surface area contributed by atoms with Crippen molar-refractivity contribution in [1.29, 1.82) is 0 Å². The molecule has 2 unspecified atom stereocenters. The van der Waals surface area contributed by atoms with Gasteiger partial charge in [0.2, 0.25) is 0 Å². The zero-order valence-corrected chi connectivity index (χ0v) is 37.4. The third kappa shape index (κ3) is 12.6. The molecule has 0 amide bonds. The van der Waals surface area contributed by atoms with Gasteiger partial charge < -0.3 is 30.1 Å². The normalized spacial score (nSPS) is 18.5. The first-order valence-corrected chi connectivity index (χ1v) is 19.2. The van der Waals surface area contributed by atoms with Crippen molar-refractivity contribution in [3.05, 3.63) is 0 Å². The summed E-state index contributed by atoms with van der Waals surface area (Å²) in [6, 6.07) is 0. The fourth-order valence-corrected chi connectivity index (χ4v) is 6.00. The Hall–Kier alpha value is -1.76. The summed E-state index contributed by atoms with van der Waals surface area (Å²) in [7, 11) is -6.61. The molecule has 0 rings (SSSR count). The van der Waals surface area contributed by atoms with Gasteiger partial charge >= 0.3 is 133 Å². The maximum atomic E-state index is 14.6. The van der Waals surface area contributed by atoms with E-state index in [2.05, 4.69) is 9.05 Å². The SMILES string of the molecule is O=C[C@H]([O-])[C@@H](O)[C@@H](O)[C@H](O)COP(=O)(O)OC(CCCCC(F)(F)C(F)(F)C(F)(F)C(F)(F)C(F)(F)C(F)(F)C(F)(F)C(F)(F)F)CCC(F)(F)C(F)(F)C(F)(F)C(F)(F)C(F)(F)C(F)(F)C(F)(F)C(F)(F)F.[Na+]. The second-order valence-corrected chi connectivity index (χ2v) is 16.1. The van der Waals surface area contributed by atoms with Gasteiger partial charge in [-0.1, -0.05) is 6.42 Å². The molecule has 74 heavy (non-hydrogen) atoms. The zero-order chi connectivity index (χ0) is 59.5. The Labute approximate surface area is 407 Å². The minimum atomic E-state index is -9.20. The van der Waals surface area contributed by atoms with E-state index in [4.69, 9.17) is 0 Å². The predicted octanol–water partition coefficient (Wildman–Crippen LogP) is 6.86. The van der Waals surface area contributed by atoms with Gasteiger partial charge in [0, 0.05) is 12.8 Å². The molecule has 4 N–H and O–H groups in total. The van der Waals surface area contributed by atoms with Crippen LogP contribution in [0.1, 0.15) is 38.5 Å². The first kappa shape index (κ1) is 74.3. The summed E-state index contributed by atoms with van der Waals surface area (Å²) < 4.78 is 483. The summed E-state index contributed by atoms with van der Waals surface area (Å²) in [6.45, 7) is -2.12. The van der Waals surface area contributed by atoms with Crippen LogP contribution >= 0.6 is 7.82 Å². The summed E-state index contributed by atoms with van der Waals surface area (Å²) in [4.78, 5) is 20.2. The van der Waals surface area contributed by atoms with Crippen molar-refractivity contribution >= 4 is 14.1 Å². The first-order chi connectivity index (χ1) is 31.5. The van der Waals surface area contributed by atoms with E-state index in [1.807, 2.05) is 0 Å². The van der Waals surface area contributed by atoms with Gasteiger partial charge in [0.15, 0.2) is 0 Å². The number of aliphatic hydroxyl groups excluding tert-OH is 3. The molecule has 0 fully saturated rings. The second kappa shape index (κ2) is 22.4. The Bertz CT molecular complexity index is 1910. The van der Waals surface area contributed by atoms with E-state index in [-0.39, 0.29) is 29.6 Å². The maximum absolute atomic E-state index is 14.6. The van der Waals surface area contributed by atoms with Crippen molar-refractivity contribution in [2.45, 2.75) is 164 Å². The number of halogens is 34. The number of alkyl halides is 34. The topological polar surface area (TPSA) is 157 Å². The molecule has 438 valence electrons. The van der Waals surface area contributed by atoms with Crippen LogP contribution in [0.4, 0.5) is 149 Å². The smallest absolute Gasteiger partial charge is 0.845 e. The Morgan fingerprint density at radius 1 is 0.432 bits per heavy atom. The molecule has 0 aliphatic rings. The van der Waals surface area contributed by atoms with E-state index < -0.39 is 185 Å². The molecule has 0 bridgehead atoms. The Morgan fingerprint density at radius 3 is 1.01 bits per heavy atom. The van der Waals surface area contributed by atoms with E-state index in [0.29, 0.717) is 0 Å². The minimum Gasteiger partial charge on any atom is -0.845 e. The molecule has 0 aromatic carbocycles. The molecule has 0 aromatic heterocycles. The van der Waals surface area contributed by atoms with Crippen LogP contribution in [0.25, 0.3) is 0 Å². The quantitative estimate of drug-likeness (QED) is 0.0207. The van der Waals surface area contributed by atoms with Crippen LogP contribution in [0.15, 0.2) is 0 Å². The molecule has 0 radical (unpaired) electrons. The largest absolute Gasteiger partial charge is 1.00 e. The number of phosphoric acid groups is 1. The van der Waals surface area contributed by atoms with Crippen molar-refractivity contribution in [3.8, 4) is 0 Å². The van der Waals surface area contributed by atoms with E-state index >= 15 is 0 Å². The van der Waals surface area contributed by atoms with Crippen LogP contribution in [0.3, 0.4) is 0 Å². The van der Waals surface area contributed by atoms with E-state index in [1.54, 1.807) is 0 Å². The monoisotopic (exact) mass is 1220 g/mol. The van der Waals surface area contributed by atoms with Crippen molar-refractivity contribution in [2.75, 3.05) is 6.61 Å². The van der Waals surface area contributed by atoms with Crippen molar-refractivity contribution in [1.82, 2.24) is 0 Å². The third-order valence-corrected chi connectivity index (χ3v) is 10.6. The van der Waals surface area contributed by atoms with Crippen LogP contribution in [0.5, 0.6) is 0 Å². The van der Waals surface area contributed by atoms with Crippen LogP contribution < -0.4 is 34.7 Å². The molecular weight excluding hydrogens is 1190 g/mol. The van der Waals surface area contributed by atoms with Crippen LogP contribution in [0, 0.1) is 0 Å². The average Bonchev–Trinajstić information content (AvgIpc) is 3.20. The summed E-state index contributed by atoms with van der Waals surface area (Å²) in [6.07, 6.45) is -48.8. The van der Waals surface area contributed by atoms with E-state index in [0.717, 1.165) is 0 Å². The molecule has 45 heteroatoms. The Kier molecular flexibility index (Phi) is 22.5. The fourth-order valence-electron chi connectivity index (χ4n) is 5.01. The third-order valence-electron chi connectivity index (χ3n) is 9.53. The van der Waals surface area contributed by atoms with Gasteiger partial charge in [0.1, 0.15) is 18.5 Å². The molecule has 0 aromatic rings.